The van der Waals surface area contributed by atoms with E-state index in [4.69, 9.17) is 4.42 Å². The van der Waals surface area contributed by atoms with Crippen molar-refractivity contribution in [1.82, 2.24) is 0 Å². The highest BCUT2D eigenvalue weighted by atomic mass is 16.3. The second-order valence-electron chi connectivity index (χ2n) is 4.48. The zero-order valence-corrected chi connectivity index (χ0v) is 10.4. The number of aryl methyl sites for hydroxylation is 3. The molecule has 0 saturated carbocycles. The van der Waals surface area contributed by atoms with Crippen LogP contribution in [0.5, 0.6) is 0 Å². The first kappa shape index (κ1) is 11.6. The molecule has 2 heteroatoms. The third-order valence-electron chi connectivity index (χ3n) is 3.10. The normalized spacial score (nSPS) is 10.5. The van der Waals surface area contributed by atoms with Crippen molar-refractivity contribution >= 4 is 6.29 Å². The molecule has 2 nitrogen and oxygen atoms in total. The second kappa shape index (κ2) is 4.58. The molecule has 2 aromatic rings. The molecule has 1 aromatic carbocycles. The Labute approximate surface area is 101 Å². The lowest BCUT2D eigenvalue weighted by molar-refractivity contribution is 0.109. The standard InChI is InChI=1S/C15H16O2/c1-10-6-11(2)14(12(3)7-10)8-13-4-5-17-15(13)9-16/h4-7,9H,8H2,1-3H3. The highest BCUT2D eigenvalue weighted by Gasteiger charge is 2.10. The van der Waals surface area contributed by atoms with Crippen LogP contribution in [0, 0.1) is 20.8 Å². The lowest BCUT2D eigenvalue weighted by atomic mass is 9.94. The molecular formula is C15H16O2. The van der Waals surface area contributed by atoms with E-state index in [9.17, 15) is 4.79 Å². The average molecular weight is 228 g/mol. The van der Waals surface area contributed by atoms with Crippen molar-refractivity contribution in [2.24, 2.45) is 0 Å². The predicted molar refractivity (Wildman–Crippen MR) is 67.6 cm³/mol. The van der Waals surface area contributed by atoms with Crippen LogP contribution in [0.3, 0.4) is 0 Å². The van der Waals surface area contributed by atoms with Gasteiger partial charge in [0.1, 0.15) is 0 Å². The molecule has 88 valence electrons. The number of aldehydes is 1. The van der Waals surface area contributed by atoms with Gasteiger partial charge in [-0.15, -0.1) is 0 Å². The molecule has 0 spiro atoms. The van der Waals surface area contributed by atoms with Crippen molar-refractivity contribution in [2.75, 3.05) is 0 Å². The van der Waals surface area contributed by atoms with E-state index < -0.39 is 0 Å². The van der Waals surface area contributed by atoms with Gasteiger partial charge in [-0.3, -0.25) is 4.79 Å². The van der Waals surface area contributed by atoms with E-state index in [0.29, 0.717) is 5.76 Å². The summed E-state index contributed by atoms with van der Waals surface area (Å²) in [5, 5.41) is 0. The highest BCUT2D eigenvalue weighted by Crippen LogP contribution is 2.21. The van der Waals surface area contributed by atoms with Gasteiger partial charge < -0.3 is 4.42 Å². The number of hydrogen-bond acceptors (Lipinski definition) is 2. The van der Waals surface area contributed by atoms with E-state index in [1.165, 1.54) is 22.3 Å². The van der Waals surface area contributed by atoms with E-state index in [1.807, 2.05) is 6.07 Å². The number of rotatable bonds is 3. The molecule has 0 bridgehead atoms. The topological polar surface area (TPSA) is 30.2 Å². The fourth-order valence-corrected chi connectivity index (χ4v) is 2.28. The fraction of sp³-hybridized carbons (Fsp3) is 0.267. The maximum atomic E-state index is 10.8. The fourth-order valence-electron chi connectivity index (χ4n) is 2.28. The van der Waals surface area contributed by atoms with Crippen molar-refractivity contribution in [2.45, 2.75) is 27.2 Å². The van der Waals surface area contributed by atoms with Crippen molar-refractivity contribution < 1.29 is 9.21 Å². The van der Waals surface area contributed by atoms with Crippen LogP contribution in [0.2, 0.25) is 0 Å². The second-order valence-corrected chi connectivity index (χ2v) is 4.48. The predicted octanol–water partition coefficient (Wildman–Crippen LogP) is 3.61. The number of carbonyl (C=O) groups is 1. The summed E-state index contributed by atoms with van der Waals surface area (Å²) in [4.78, 5) is 10.8. The zero-order chi connectivity index (χ0) is 12.4. The number of carbonyl (C=O) groups excluding carboxylic acids is 1. The summed E-state index contributed by atoms with van der Waals surface area (Å²) in [7, 11) is 0. The number of hydrogen-bond donors (Lipinski definition) is 0. The monoisotopic (exact) mass is 228 g/mol. The van der Waals surface area contributed by atoms with Crippen molar-refractivity contribution in [3.63, 3.8) is 0 Å². The van der Waals surface area contributed by atoms with Gasteiger partial charge >= 0.3 is 0 Å². The summed E-state index contributed by atoms with van der Waals surface area (Å²) in [6.45, 7) is 6.31. The Balaban J connectivity index is 2.40. The number of benzene rings is 1. The summed E-state index contributed by atoms with van der Waals surface area (Å²) in [6, 6.07) is 6.20. The smallest absolute Gasteiger partial charge is 0.185 e. The van der Waals surface area contributed by atoms with E-state index in [1.54, 1.807) is 6.26 Å². The van der Waals surface area contributed by atoms with Crippen LogP contribution in [0.4, 0.5) is 0 Å². The Morgan fingerprint density at radius 2 is 1.82 bits per heavy atom. The summed E-state index contributed by atoms with van der Waals surface area (Å²) in [5.74, 6) is 0.435. The SMILES string of the molecule is Cc1cc(C)c(Cc2ccoc2C=O)c(C)c1. The first-order valence-electron chi connectivity index (χ1n) is 5.70. The summed E-state index contributed by atoms with van der Waals surface area (Å²) < 4.78 is 5.12. The lowest BCUT2D eigenvalue weighted by Crippen LogP contribution is -1.97. The lowest BCUT2D eigenvalue weighted by Gasteiger charge is -2.10. The molecule has 0 amide bonds. The van der Waals surface area contributed by atoms with Gasteiger partial charge in [0, 0.05) is 12.0 Å². The molecule has 0 fully saturated rings. The Kier molecular flexibility index (Phi) is 3.14. The van der Waals surface area contributed by atoms with Crippen LogP contribution in [0.25, 0.3) is 0 Å². The van der Waals surface area contributed by atoms with Gasteiger partial charge in [0.25, 0.3) is 0 Å². The first-order valence-corrected chi connectivity index (χ1v) is 5.70. The van der Waals surface area contributed by atoms with Crippen LogP contribution in [0.1, 0.15) is 38.4 Å². The summed E-state index contributed by atoms with van der Waals surface area (Å²) in [5.41, 5.74) is 6.03. The maximum absolute atomic E-state index is 10.8. The molecule has 1 heterocycles. The molecule has 0 aliphatic rings. The van der Waals surface area contributed by atoms with Crippen LogP contribution < -0.4 is 0 Å². The van der Waals surface area contributed by atoms with Crippen molar-refractivity contribution in [1.29, 1.82) is 0 Å². The average Bonchev–Trinajstić information content (AvgIpc) is 2.70. The molecule has 1 aromatic heterocycles. The van der Waals surface area contributed by atoms with Gasteiger partial charge in [-0.1, -0.05) is 17.7 Å². The van der Waals surface area contributed by atoms with Crippen LogP contribution >= 0.6 is 0 Å². The Bertz CT molecular complexity index is 527. The third-order valence-corrected chi connectivity index (χ3v) is 3.10. The van der Waals surface area contributed by atoms with Crippen LogP contribution in [0.15, 0.2) is 28.9 Å². The molecule has 17 heavy (non-hydrogen) atoms. The molecule has 0 radical (unpaired) electrons. The molecule has 0 N–H and O–H groups in total. The van der Waals surface area contributed by atoms with E-state index in [0.717, 1.165) is 18.3 Å². The Hall–Kier alpha value is -1.83. The van der Waals surface area contributed by atoms with Gasteiger partial charge in [0.2, 0.25) is 0 Å². The quantitative estimate of drug-likeness (QED) is 0.751. The minimum absolute atomic E-state index is 0.435. The zero-order valence-electron chi connectivity index (χ0n) is 10.4. The summed E-state index contributed by atoms with van der Waals surface area (Å²) in [6.07, 6.45) is 3.09. The van der Waals surface area contributed by atoms with Gasteiger partial charge in [-0.05, 0) is 43.5 Å². The minimum Gasteiger partial charge on any atom is -0.461 e. The molecule has 2 rings (SSSR count). The number of furan rings is 1. The molecular weight excluding hydrogens is 212 g/mol. The molecule has 0 aliphatic carbocycles. The highest BCUT2D eigenvalue weighted by molar-refractivity contribution is 5.73. The molecule has 0 saturated heterocycles. The largest absolute Gasteiger partial charge is 0.461 e. The van der Waals surface area contributed by atoms with Crippen molar-refractivity contribution in [3.8, 4) is 0 Å². The van der Waals surface area contributed by atoms with E-state index >= 15 is 0 Å². The van der Waals surface area contributed by atoms with E-state index in [2.05, 4.69) is 32.9 Å². The van der Waals surface area contributed by atoms with Gasteiger partial charge in [-0.2, -0.15) is 0 Å². The third kappa shape index (κ3) is 2.31. The first-order chi connectivity index (χ1) is 8.11. The van der Waals surface area contributed by atoms with Gasteiger partial charge in [0.05, 0.1) is 6.26 Å². The van der Waals surface area contributed by atoms with E-state index in [-0.39, 0.29) is 0 Å². The van der Waals surface area contributed by atoms with Crippen LogP contribution in [-0.2, 0) is 6.42 Å². The minimum atomic E-state index is 0.435. The maximum Gasteiger partial charge on any atom is 0.185 e. The van der Waals surface area contributed by atoms with Gasteiger partial charge in [0.15, 0.2) is 12.0 Å². The van der Waals surface area contributed by atoms with Crippen molar-refractivity contribution in [3.05, 3.63) is 58.0 Å². The Morgan fingerprint density at radius 1 is 1.18 bits per heavy atom. The Morgan fingerprint density at radius 3 is 2.41 bits per heavy atom. The molecule has 0 aliphatic heterocycles. The van der Waals surface area contributed by atoms with Crippen LogP contribution in [-0.4, -0.2) is 6.29 Å². The summed E-state index contributed by atoms with van der Waals surface area (Å²) >= 11 is 0. The van der Waals surface area contributed by atoms with Gasteiger partial charge in [-0.25, -0.2) is 0 Å². The molecule has 0 unspecified atom stereocenters. The molecule has 0 atom stereocenters.